The number of hydrogen-bond acceptors (Lipinski definition) is 5. The minimum Gasteiger partial charge on any atom is -0.444 e. The van der Waals surface area contributed by atoms with E-state index < -0.39 is 13.7 Å². The number of carbonyl (C=O) groups excluding carboxylic acids is 1. The Kier molecular flexibility index (Phi) is 7.74. The van der Waals surface area contributed by atoms with Crippen molar-refractivity contribution in [3.8, 4) is 0 Å². The van der Waals surface area contributed by atoms with E-state index in [1.807, 2.05) is 31.6 Å². The van der Waals surface area contributed by atoms with Crippen molar-refractivity contribution in [3.05, 3.63) is 15.5 Å². The number of nitrogens with zero attached hydrogens (tertiary/aromatic N) is 3. The van der Waals surface area contributed by atoms with Crippen molar-refractivity contribution in [1.29, 1.82) is 0 Å². The summed E-state index contributed by atoms with van der Waals surface area (Å²) in [5.41, 5.74) is 0.574. The molecular formula is C18H32IN3O4Si. The fourth-order valence-electron chi connectivity index (χ4n) is 2.37. The van der Waals surface area contributed by atoms with Gasteiger partial charge in [-0.25, -0.2) is 9.48 Å². The zero-order valence-corrected chi connectivity index (χ0v) is 20.4. The molecule has 0 atom stereocenters. The van der Waals surface area contributed by atoms with E-state index in [0.29, 0.717) is 26.4 Å². The number of halogens is 1. The molecule has 1 saturated heterocycles. The van der Waals surface area contributed by atoms with Gasteiger partial charge in [0.1, 0.15) is 16.0 Å². The van der Waals surface area contributed by atoms with Gasteiger partial charge < -0.3 is 19.1 Å². The van der Waals surface area contributed by atoms with E-state index in [2.05, 4.69) is 47.3 Å². The van der Waals surface area contributed by atoms with Gasteiger partial charge >= 0.3 is 6.09 Å². The Morgan fingerprint density at radius 3 is 2.59 bits per heavy atom. The lowest BCUT2D eigenvalue weighted by atomic mass is 10.1. The molecule has 2 rings (SSSR count). The Morgan fingerprint density at radius 1 is 1.33 bits per heavy atom. The molecule has 1 fully saturated rings. The molecule has 7 nitrogen and oxygen atoms in total. The molecule has 1 aliphatic heterocycles. The number of hydrogen-bond donors (Lipinski definition) is 0. The maximum atomic E-state index is 11.9. The molecule has 154 valence electrons. The highest BCUT2D eigenvalue weighted by Crippen LogP contribution is 2.19. The van der Waals surface area contributed by atoms with Gasteiger partial charge in [0.05, 0.1) is 25.8 Å². The van der Waals surface area contributed by atoms with E-state index in [1.54, 1.807) is 4.90 Å². The van der Waals surface area contributed by atoms with Crippen molar-refractivity contribution in [1.82, 2.24) is 14.7 Å². The summed E-state index contributed by atoms with van der Waals surface area (Å²) in [4.78, 5) is 13.6. The Hall–Kier alpha value is -0.653. The van der Waals surface area contributed by atoms with Gasteiger partial charge in [0, 0.05) is 26.4 Å². The lowest BCUT2D eigenvalue weighted by molar-refractivity contribution is -0.0692. The van der Waals surface area contributed by atoms with Crippen molar-refractivity contribution in [2.45, 2.75) is 71.5 Å². The lowest BCUT2D eigenvalue weighted by Crippen LogP contribution is -2.55. The van der Waals surface area contributed by atoms with Crippen LogP contribution in [0.3, 0.4) is 0 Å². The molecule has 1 aromatic rings. The standard InChI is InChI=1S/C18H32IN3O4Si/c1-18(2,3)26-17(23)21-10-15(11-21)25-12-14-9-22(20-16(14)19)13-24-7-8-27(4,5)6/h9,15H,7-8,10-13H2,1-6H3. The number of aromatic nitrogens is 2. The number of carbonyl (C=O) groups is 1. The van der Waals surface area contributed by atoms with Crippen LogP contribution in [0.1, 0.15) is 26.3 Å². The van der Waals surface area contributed by atoms with Crippen LogP contribution in [-0.2, 0) is 27.5 Å². The summed E-state index contributed by atoms with van der Waals surface area (Å²) in [5, 5.41) is 4.48. The second-order valence-corrected chi connectivity index (χ2v) is 15.8. The van der Waals surface area contributed by atoms with Crippen LogP contribution in [0.5, 0.6) is 0 Å². The molecule has 0 unspecified atom stereocenters. The maximum Gasteiger partial charge on any atom is 0.410 e. The molecule has 0 bridgehead atoms. The van der Waals surface area contributed by atoms with Crippen molar-refractivity contribution >= 4 is 36.8 Å². The van der Waals surface area contributed by atoms with Crippen LogP contribution in [0.15, 0.2) is 6.20 Å². The molecule has 0 aliphatic carbocycles. The molecule has 0 N–H and O–H groups in total. The summed E-state index contributed by atoms with van der Waals surface area (Å²) < 4.78 is 19.7. The highest BCUT2D eigenvalue weighted by atomic mass is 127. The van der Waals surface area contributed by atoms with E-state index in [1.165, 1.54) is 0 Å². The van der Waals surface area contributed by atoms with Crippen LogP contribution >= 0.6 is 22.6 Å². The van der Waals surface area contributed by atoms with Crippen molar-refractivity contribution in [2.75, 3.05) is 19.7 Å². The molecule has 9 heteroatoms. The average molecular weight is 509 g/mol. The molecule has 0 spiro atoms. The highest BCUT2D eigenvalue weighted by molar-refractivity contribution is 14.1. The number of likely N-dealkylation sites (tertiary alicyclic amines) is 1. The zero-order chi connectivity index (χ0) is 20.2. The molecule has 0 saturated carbocycles. The first-order valence-electron chi connectivity index (χ1n) is 9.32. The van der Waals surface area contributed by atoms with Crippen LogP contribution in [0, 0.1) is 3.70 Å². The second kappa shape index (κ2) is 9.23. The first-order chi connectivity index (χ1) is 12.4. The van der Waals surface area contributed by atoms with Gasteiger partial charge in [0.2, 0.25) is 0 Å². The van der Waals surface area contributed by atoms with E-state index in [4.69, 9.17) is 14.2 Å². The van der Waals surface area contributed by atoms with Gasteiger partial charge in [-0.05, 0) is 49.4 Å². The lowest BCUT2D eigenvalue weighted by Gasteiger charge is -2.39. The molecule has 1 aromatic heterocycles. The molecule has 1 amide bonds. The number of ether oxygens (including phenoxy) is 3. The Morgan fingerprint density at radius 2 is 2.00 bits per heavy atom. The highest BCUT2D eigenvalue weighted by Gasteiger charge is 2.34. The molecule has 1 aliphatic rings. The molecule has 0 radical (unpaired) electrons. The smallest absolute Gasteiger partial charge is 0.410 e. The van der Waals surface area contributed by atoms with E-state index >= 15 is 0 Å². The Labute approximate surface area is 176 Å². The van der Waals surface area contributed by atoms with Gasteiger partial charge in [0.15, 0.2) is 0 Å². The maximum absolute atomic E-state index is 11.9. The van der Waals surface area contributed by atoms with Gasteiger partial charge in [-0.15, -0.1) is 0 Å². The van der Waals surface area contributed by atoms with Crippen LogP contribution < -0.4 is 0 Å². The second-order valence-electron chi connectivity index (χ2n) is 9.15. The third-order valence-corrected chi connectivity index (χ3v) is 6.59. The van der Waals surface area contributed by atoms with Crippen LogP contribution in [0.25, 0.3) is 0 Å². The molecule has 0 aromatic carbocycles. The molecular weight excluding hydrogens is 477 g/mol. The van der Waals surface area contributed by atoms with Crippen LogP contribution in [0.2, 0.25) is 25.7 Å². The fourth-order valence-corrected chi connectivity index (χ4v) is 3.69. The van der Waals surface area contributed by atoms with Gasteiger partial charge in [-0.2, -0.15) is 5.10 Å². The molecule has 27 heavy (non-hydrogen) atoms. The monoisotopic (exact) mass is 509 g/mol. The van der Waals surface area contributed by atoms with Crippen LogP contribution in [0.4, 0.5) is 4.79 Å². The van der Waals surface area contributed by atoms with Crippen molar-refractivity contribution in [2.24, 2.45) is 0 Å². The van der Waals surface area contributed by atoms with Crippen molar-refractivity contribution in [3.63, 3.8) is 0 Å². The first-order valence-corrected chi connectivity index (χ1v) is 14.1. The minimum absolute atomic E-state index is 0.0460. The Bertz CT molecular complexity index is 634. The SMILES string of the molecule is CC(C)(C)OC(=O)N1CC(OCc2cn(COCC[Si](C)(C)C)nc2I)C1. The quantitative estimate of drug-likeness (QED) is 0.302. The van der Waals surface area contributed by atoms with Gasteiger partial charge in [-0.3, -0.25) is 0 Å². The number of rotatable bonds is 8. The fraction of sp³-hybridized carbons (Fsp3) is 0.778. The van der Waals surface area contributed by atoms with E-state index in [-0.39, 0.29) is 12.2 Å². The predicted octanol–water partition coefficient (Wildman–Crippen LogP) is 3.94. The number of amides is 1. The summed E-state index contributed by atoms with van der Waals surface area (Å²) in [6.45, 7) is 15.5. The largest absolute Gasteiger partial charge is 0.444 e. The topological polar surface area (TPSA) is 65.8 Å². The molecule has 2 heterocycles. The first kappa shape index (κ1) is 22.6. The Balaban J connectivity index is 1.69. The van der Waals surface area contributed by atoms with E-state index in [0.717, 1.165) is 21.9 Å². The summed E-state index contributed by atoms with van der Waals surface area (Å²) in [6.07, 6.45) is 1.74. The zero-order valence-electron chi connectivity index (χ0n) is 17.2. The van der Waals surface area contributed by atoms with Crippen molar-refractivity contribution < 1.29 is 19.0 Å². The summed E-state index contributed by atoms with van der Waals surface area (Å²) in [5.74, 6) is 0. The third-order valence-electron chi connectivity index (χ3n) is 3.98. The summed E-state index contributed by atoms with van der Waals surface area (Å²) >= 11 is 2.22. The predicted molar refractivity (Wildman–Crippen MR) is 115 cm³/mol. The normalized spacial score (nSPS) is 15.7. The van der Waals surface area contributed by atoms with Gasteiger partial charge in [0.25, 0.3) is 0 Å². The van der Waals surface area contributed by atoms with Gasteiger partial charge in [-0.1, -0.05) is 19.6 Å². The van der Waals surface area contributed by atoms with Crippen LogP contribution in [-0.4, -0.2) is 60.2 Å². The minimum atomic E-state index is -1.06. The third kappa shape index (κ3) is 8.08. The summed E-state index contributed by atoms with van der Waals surface area (Å²) in [6, 6.07) is 1.15. The average Bonchev–Trinajstić information content (AvgIpc) is 2.79. The summed E-state index contributed by atoms with van der Waals surface area (Å²) in [7, 11) is -1.06. The van der Waals surface area contributed by atoms with E-state index in [9.17, 15) is 4.79 Å².